The Morgan fingerprint density at radius 2 is 1.72 bits per heavy atom. The molecule has 1 N–H and O–H groups in total. The highest BCUT2D eigenvalue weighted by Crippen LogP contribution is 2.25. The highest BCUT2D eigenvalue weighted by molar-refractivity contribution is 7.92. The van der Waals surface area contributed by atoms with Crippen molar-refractivity contribution in [1.29, 1.82) is 0 Å². The van der Waals surface area contributed by atoms with Gasteiger partial charge in [0.2, 0.25) is 15.9 Å². The first-order valence-electron chi connectivity index (χ1n) is 9.90. The van der Waals surface area contributed by atoms with Gasteiger partial charge in [-0.2, -0.15) is 0 Å². The Morgan fingerprint density at radius 3 is 2.28 bits per heavy atom. The van der Waals surface area contributed by atoms with Crippen molar-refractivity contribution in [3.63, 3.8) is 0 Å². The number of amides is 1. The molecule has 0 bridgehead atoms. The molecule has 0 aliphatic carbocycles. The van der Waals surface area contributed by atoms with Crippen LogP contribution in [0.1, 0.15) is 32.3 Å². The van der Waals surface area contributed by atoms with Gasteiger partial charge in [-0.25, -0.2) is 8.42 Å². The number of carbonyl (C=O) groups excluding carboxylic acids is 1. The quantitative estimate of drug-likeness (QED) is 0.568. The first-order valence-corrected chi connectivity index (χ1v) is 11.8. The van der Waals surface area contributed by atoms with Gasteiger partial charge < -0.3 is 10.1 Å². The van der Waals surface area contributed by atoms with Crippen molar-refractivity contribution in [2.45, 2.75) is 39.2 Å². The van der Waals surface area contributed by atoms with Gasteiger partial charge in [0.15, 0.2) is 0 Å². The second-order valence-electron chi connectivity index (χ2n) is 6.79. The molecule has 0 aliphatic rings. The van der Waals surface area contributed by atoms with Crippen molar-refractivity contribution in [2.75, 3.05) is 23.7 Å². The number of ether oxygens (including phenoxy) is 1. The molecule has 0 radical (unpaired) electrons. The van der Waals surface area contributed by atoms with Crippen molar-refractivity contribution in [1.82, 2.24) is 5.32 Å². The summed E-state index contributed by atoms with van der Waals surface area (Å²) in [4.78, 5) is 12.8. The van der Waals surface area contributed by atoms with E-state index in [2.05, 4.69) is 5.32 Å². The predicted molar refractivity (Wildman–Crippen MR) is 117 cm³/mol. The van der Waals surface area contributed by atoms with Crippen LogP contribution in [-0.2, 0) is 21.2 Å². The summed E-state index contributed by atoms with van der Waals surface area (Å²) in [6.45, 7) is 4.70. The summed E-state index contributed by atoms with van der Waals surface area (Å²) < 4.78 is 31.6. The molecule has 2 aromatic rings. The summed E-state index contributed by atoms with van der Waals surface area (Å²) in [6, 6.07) is 16.0. The van der Waals surface area contributed by atoms with Crippen LogP contribution in [0.3, 0.4) is 0 Å². The van der Waals surface area contributed by atoms with E-state index < -0.39 is 16.1 Å². The summed E-state index contributed by atoms with van der Waals surface area (Å²) in [6.07, 6.45) is 3.13. The van der Waals surface area contributed by atoms with E-state index in [-0.39, 0.29) is 5.91 Å². The van der Waals surface area contributed by atoms with Gasteiger partial charge in [-0.15, -0.1) is 0 Å². The van der Waals surface area contributed by atoms with Gasteiger partial charge in [-0.05, 0) is 56.0 Å². The molecule has 158 valence electrons. The zero-order chi connectivity index (χ0) is 21.3. The second-order valence-corrected chi connectivity index (χ2v) is 8.65. The maximum Gasteiger partial charge on any atom is 0.243 e. The van der Waals surface area contributed by atoms with Gasteiger partial charge in [0.25, 0.3) is 0 Å². The van der Waals surface area contributed by atoms with Crippen molar-refractivity contribution >= 4 is 21.6 Å². The van der Waals surface area contributed by atoms with E-state index in [1.165, 1.54) is 9.87 Å². The number of nitrogens with zero attached hydrogens (tertiary/aromatic N) is 1. The van der Waals surface area contributed by atoms with Gasteiger partial charge in [-0.1, -0.05) is 37.3 Å². The molecule has 1 atom stereocenters. The maximum atomic E-state index is 12.8. The highest BCUT2D eigenvalue weighted by atomic mass is 32.2. The fourth-order valence-electron chi connectivity index (χ4n) is 3.18. The minimum atomic E-state index is -3.64. The zero-order valence-corrected chi connectivity index (χ0v) is 18.1. The Hall–Kier alpha value is -2.54. The van der Waals surface area contributed by atoms with E-state index in [0.29, 0.717) is 31.0 Å². The van der Waals surface area contributed by atoms with Crippen molar-refractivity contribution in [3.8, 4) is 5.75 Å². The topological polar surface area (TPSA) is 75.7 Å². The van der Waals surface area contributed by atoms with Crippen LogP contribution in [-0.4, -0.2) is 39.8 Å². The molecular formula is C22H30N2O4S. The normalized spacial score (nSPS) is 12.2. The maximum absolute atomic E-state index is 12.8. The molecule has 0 heterocycles. The number of hydrogen-bond donors (Lipinski definition) is 1. The molecule has 0 aliphatic heterocycles. The summed E-state index contributed by atoms with van der Waals surface area (Å²) >= 11 is 0. The molecule has 0 spiro atoms. The molecule has 0 fully saturated rings. The molecular weight excluding hydrogens is 388 g/mol. The Balaban J connectivity index is 2.06. The number of hydrogen-bond acceptors (Lipinski definition) is 4. The molecule has 2 aromatic carbocycles. The average Bonchev–Trinajstić information content (AvgIpc) is 2.70. The Morgan fingerprint density at radius 1 is 1.07 bits per heavy atom. The van der Waals surface area contributed by atoms with Crippen LogP contribution in [0.25, 0.3) is 0 Å². The Kier molecular flexibility index (Phi) is 8.51. The molecule has 6 nitrogen and oxygen atoms in total. The number of nitrogens with one attached hydrogen (secondary N) is 1. The fraction of sp³-hybridized carbons (Fsp3) is 0.409. The van der Waals surface area contributed by atoms with Crippen LogP contribution in [0.2, 0.25) is 0 Å². The molecule has 29 heavy (non-hydrogen) atoms. The van der Waals surface area contributed by atoms with E-state index in [0.717, 1.165) is 19.1 Å². The van der Waals surface area contributed by atoms with E-state index >= 15 is 0 Å². The average molecular weight is 419 g/mol. The molecule has 2 rings (SSSR count). The van der Waals surface area contributed by atoms with Crippen LogP contribution in [0.15, 0.2) is 54.6 Å². The second kappa shape index (κ2) is 10.9. The van der Waals surface area contributed by atoms with Crippen molar-refractivity contribution in [3.05, 3.63) is 60.2 Å². The minimum Gasteiger partial charge on any atom is -0.494 e. The largest absolute Gasteiger partial charge is 0.494 e. The zero-order valence-electron chi connectivity index (χ0n) is 17.3. The van der Waals surface area contributed by atoms with Crippen LogP contribution in [0, 0.1) is 0 Å². The third-order valence-corrected chi connectivity index (χ3v) is 5.70. The fourth-order valence-corrected chi connectivity index (χ4v) is 4.39. The highest BCUT2D eigenvalue weighted by Gasteiger charge is 2.31. The molecule has 0 saturated carbocycles. The van der Waals surface area contributed by atoms with Gasteiger partial charge >= 0.3 is 0 Å². The Bertz CT molecular complexity index is 867. The lowest BCUT2D eigenvalue weighted by Crippen LogP contribution is -2.49. The van der Waals surface area contributed by atoms with E-state index in [4.69, 9.17) is 4.74 Å². The molecule has 0 saturated heterocycles. The monoisotopic (exact) mass is 418 g/mol. The van der Waals surface area contributed by atoms with Crippen molar-refractivity contribution in [2.24, 2.45) is 0 Å². The van der Waals surface area contributed by atoms with Gasteiger partial charge in [0.1, 0.15) is 11.8 Å². The molecule has 0 aromatic heterocycles. The smallest absolute Gasteiger partial charge is 0.243 e. The first kappa shape index (κ1) is 22.7. The third kappa shape index (κ3) is 6.78. The number of rotatable bonds is 11. The van der Waals surface area contributed by atoms with Gasteiger partial charge in [-0.3, -0.25) is 9.10 Å². The first-order chi connectivity index (χ1) is 13.9. The van der Waals surface area contributed by atoms with E-state index in [1.54, 1.807) is 31.2 Å². The standard InChI is InChI=1S/C22H30N2O4S/c1-4-21(22(25)23-17-9-12-18-10-7-6-8-11-18)24(29(3,26)27)19-13-15-20(16-14-19)28-5-2/h6-8,10-11,13-16,21H,4-5,9,12,17H2,1-3H3,(H,23,25)/t21-/m1/s1. The molecule has 1 amide bonds. The van der Waals surface area contributed by atoms with Crippen LogP contribution in [0.4, 0.5) is 5.69 Å². The summed E-state index contributed by atoms with van der Waals surface area (Å²) in [7, 11) is -3.64. The SMILES string of the molecule is CCOc1ccc(N([C@H](CC)C(=O)NCCCc2ccccc2)S(C)(=O)=O)cc1. The lowest BCUT2D eigenvalue weighted by molar-refractivity contribution is -0.122. The lowest BCUT2D eigenvalue weighted by Gasteiger charge is -2.30. The van der Waals surface area contributed by atoms with Gasteiger partial charge in [0, 0.05) is 6.54 Å². The Labute approximate surface area is 173 Å². The van der Waals surface area contributed by atoms with E-state index in [1.807, 2.05) is 37.3 Å². The third-order valence-electron chi connectivity index (χ3n) is 4.52. The summed E-state index contributed by atoms with van der Waals surface area (Å²) in [5, 5.41) is 2.89. The number of aryl methyl sites for hydroxylation is 1. The number of sulfonamides is 1. The summed E-state index contributed by atoms with van der Waals surface area (Å²) in [5.41, 5.74) is 1.66. The van der Waals surface area contributed by atoms with Crippen LogP contribution in [0.5, 0.6) is 5.75 Å². The predicted octanol–water partition coefficient (Wildman–Crippen LogP) is 3.38. The number of anilines is 1. The van der Waals surface area contributed by atoms with Gasteiger partial charge in [0.05, 0.1) is 18.6 Å². The van der Waals surface area contributed by atoms with Crippen LogP contribution >= 0.6 is 0 Å². The number of benzene rings is 2. The molecule has 0 unspecified atom stereocenters. The minimum absolute atomic E-state index is 0.292. The number of carbonyl (C=O) groups is 1. The lowest BCUT2D eigenvalue weighted by atomic mass is 10.1. The summed E-state index contributed by atoms with van der Waals surface area (Å²) in [5.74, 6) is 0.364. The molecule has 7 heteroatoms. The van der Waals surface area contributed by atoms with Crippen LogP contribution < -0.4 is 14.4 Å². The van der Waals surface area contributed by atoms with Crippen molar-refractivity contribution < 1.29 is 17.9 Å². The van der Waals surface area contributed by atoms with E-state index in [9.17, 15) is 13.2 Å².